The molecule has 3 rings (SSSR count). The number of aromatic nitrogens is 2. The van der Waals surface area contributed by atoms with E-state index < -0.39 is 0 Å². The van der Waals surface area contributed by atoms with Crippen LogP contribution in [0.5, 0.6) is 0 Å². The van der Waals surface area contributed by atoms with E-state index in [-0.39, 0.29) is 11.4 Å². The van der Waals surface area contributed by atoms with Gasteiger partial charge in [0.1, 0.15) is 5.82 Å². The molecular formula is C18H16FN3O. The van der Waals surface area contributed by atoms with Crippen LogP contribution >= 0.6 is 0 Å². The van der Waals surface area contributed by atoms with E-state index >= 15 is 0 Å². The number of hydrogen-bond acceptors (Lipinski definition) is 2. The largest absolute Gasteiger partial charge is 0.295 e. The fraction of sp³-hybridized carbons (Fsp3) is 0.111. The fourth-order valence-electron chi connectivity index (χ4n) is 2.33. The highest BCUT2D eigenvalue weighted by molar-refractivity contribution is 5.83. The van der Waals surface area contributed by atoms with Crippen molar-refractivity contribution in [2.75, 3.05) is 0 Å². The molecular weight excluding hydrogens is 293 g/mol. The van der Waals surface area contributed by atoms with Gasteiger partial charge < -0.3 is 0 Å². The third kappa shape index (κ3) is 2.99. The molecule has 0 spiro atoms. The zero-order valence-electron chi connectivity index (χ0n) is 12.9. The van der Waals surface area contributed by atoms with Crippen LogP contribution in [0.4, 0.5) is 10.1 Å². The first-order chi connectivity index (χ1) is 11.1. The van der Waals surface area contributed by atoms with Crippen molar-refractivity contribution in [1.82, 2.24) is 9.78 Å². The molecule has 0 atom stereocenters. The number of aromatic amines is 1. The number of aliphatic imine (C=N–C) groups is 1. The molecule has 4 nitrogen and oxygen atoms in total. The predicted octanol–water partition coefficient (Wildman–Crippen LogP) is 3.67. The van der Waals surface area contributed by atoms with Crippen LogP contribution in [0, 0.1) is 19.7 Å². The van der Waals surface area contributed by atoms with Crippen molar-refractivity contribution in [3.05, 3.63) is 81.5 Å². The maximum absolute atomic E-state index is 13.0. The minimum absolute atomic E-state index is 0.216. The third-order valence-corrected chi connectivity index (χ3v) is 3.65. The summed E-state index contributed by atoms with van der Waals surface area (Å²) in [7, 11) is 0. The van der Waals surface area contributed by atoms with E-state index in [9.17, 15) is 9.18 Å². The van der Waals surface area contributed by atoms with Crippen LogP contribution in [0.15, 0.2) is 58.3 Å². The van der Waals surface area contributed by atoms with Gasteiger partial charge in [-0.3, -0.25) is 14.9 Å². The molecule has 23 heavy (non-hydrogen) atoms. The lowest BCUT2D eigenvalue weighted by molar-refractivity contribution is 0.627. The first-order valence-electron chi connectivity index (χ1n) is 7.23. The molecule has 1 aromatic heterocycles. The summed E-state index contributed by atoms with van der Waals surface area (Å²) in [4.78, 5) is 16.9. The van der Waals surface area contributed by atoms with E-state index in [2.05, 4.69) is 10.1 Å². The summed E-state index contributed by atoms with van der Waals surface area (Å²) < 4.78 is 14.4. The summed E-state index contributed by atoms with van der Waals surface area (Å²) in [5.41, 5.74) is 3.41. The molecule has 0 aliphatic rings. The van der Waals surface area contributed by atoms with Crippen LogP contribution < -0.4 is 5.56 Å². The van der Waals surface area contributed by atoms with Gasteiger partial charge in [0, 0.05) is 11.9 Å². The van der Waals surface area contributed by atoms with Gasteiger partial charge in [-0.15, -0.1) is 0 Å². The Morgan fingerprint density at radius 2 is 1.78 bits per heavy atom. The van der Waals surface area contributed by atoms with Crippen molar-refractivity contribution in [3.8, 4) is 5.69 Å². The normalized spacial score (nSPS) is 11.3. The molecule has 0 aliphatic carbocycles. The summed E-state index contributed by atoms with van der Waals surface area (Å²) >= 11 is 0. The van der Waals surface area contributed by atoms with Gasteiger partial charge in [0.15, 0.2) is 0 Å². The van der Waals surface area contributed by atoms with Gasteiger partial charge in [0.05, 0.1) is 16.9 Å². The van der Waals surface area contributed by atoms with E-state index in [0.29, 0.717) is 16.9 Å². The molecule has 0 saturated carbocycles. The summed E-state index contributed by atoms with van der Waals surface area (Å²) in [6.45, 7) is 3.77. The monoisotopic (exact) mass is 309 g/mol. The number of halogens is 1. The highest BCUT2D eigenvalue weighted by Gasteiger charge is 2.10. The van der Waals surface area contributed by atoms with Gasteiger partial charge in [-0.05, 0) is 49.7 Å². The van der Waals surface area contributed by atoms with Crippen molar-refractivity contribution < 1.29 is 4.39 Å². The lowest BCUT2D eigenvalue weighted by Crippen LogP contribution is -2.17. The van der Waals surface area contributed by atoms with Gasteiger partial charge in [0.2, 0.25) is 0 Å². The highest BCUT2D eigenvalue weighted by atomic mass is 19.1. The number of nitrogens with zero attached hydrogens (tertiary/aromatic N) is 2. The number of aryl methyl sites for hydroxylation is 2. The molecule has 0 aliphatic heterocycles. The Hall–Kier alpha value is -2.95. The number of para-hydroxylation sites is 1. The molecule has 3 aromatic rings. The average Bonchev–Trinajstić information content (AvgIpc) is 2.82. The molecule has 0 radical (unpaired) electrons. The zero-order chi connectivity index (χ0) is 16.4. The van der Waals surface area contributed by atoms with Crippen molar-refractivity contribution >= 4 is 11.9 Å². The highest BCUT2D eigenvalue weighted by Crippen LogP contribution is 2.17. The molecule has 5 heteroatoms. The Balaban J connectivity index is 2.00. The minimum atomic E-state index is -0.341. The summed E-state index contributed by atoms with van der Waals surface area (Å²) in [5.74, 6) is -0.341. The number of nitrogens with one attached hydrogen (secondary N) is 1. The van der Waals surface area contributed by atoms with E-state index in [0.717, 1.165) is 11.3 Å². The fourth-order valence-corrected chi connectivity index (χ4v) is 2.33. The number of rotatable bonds is 3. The van der Waals surface area contributed by atoms with Crippen LogP contribution in [0.25, 0.3) is 5.69 Å². The van der Waals surface area contributed by atoms with Gasteiger partial charge in [0.25, 0.3) is 5.56 Å². The molecule has 116 valence electrons. The summed E-state index contributed by atoms with van der Waals surface area (Å²) in [6.07, 6.45) is 1.57. The smallest absolute Gasteiger partial charge is 0.280 e. The van der Waals surface area contributed by atoms with Gasteiger partial charge >= 0.3 is 0 Å². The van der Waals surface area contributed by atoms with Gasteiger partial charge in [-0.25, -0.2) is 9.07 Å². The first-order valence-corrected chi connectivity index (χ1v) is 7.23. The first kappa shape index (κ1) is 15.0. The van der Waals surface area contributed by atoms with E-state index in [1.807, 2.05) is 31.2 Å². The zero-order valence-corrected chi connectivity index (χ0v) is 12.9. The SMILES string of the molecule is Cc1ccccc1N=Cc1c(C)[nH]n(-c2ccc(F)cc2)c1=O. The van der Waals surface area contributed by atoms with Crippen molar-refractivity contribution in [2.24, 2.45) is 4.99 Å². The number of hydrogen-bond donors (Lipinski definition) is 1. The molecule has 0 unspecified atom stereocenters. The standard InChI is InChI=1S/C18H16FN3O/c1-12-5-3-4-6-17(12)20-11-16-13(2)21-22(18(16)23)15-9-7-14(19)8-10-15/h3-11,21H,1-2H3. The topological polar surface area (TPSA) is 50.1 Å². The summed E-state index contributed by atoms with van der Waals surface area (Å²) in [6, 6.07) is 13.4. The third-order valence-electron chi connectivity index (χ3n) is 3.65. The molecule has 1 heterocycles. The Morgan fingerprint density at radius 1 is 1.09 bits per heavy atom. The summed E-state index contributed by atoms with van der Waals surface area (Å²) in [5, 5.41) is 2.99. The molecule has 2 aromatic carbocycles. The number of H-pyrrole nitrogens is 1. The lowest BCUT2D eigenvalue weighted by Gasteiger charge is -2.00. The van der Waals surface area contributed by atoms with Gasteiger partial charge in [-0.2, -0.15) is 0 Å². The molecule has 0 amide bonds. The number of benzene rings is 2. The van der Waals surface area contributed by atoms with Crippen LogP contribution in [-0.2, 0) is 0 Å². The molecule has 0 saturated heterocycles. The van der Waals surface area contributed by atoms with Crippen LogP contribution in [0.3, 0.4) is 0 Å². The van der Waals surface area contributed by atoms with E-state index in [4.69, 9.17) is 0 Å². The maximum Gasteiger partial charge on any atom is 0.280 e. The van der Waals surface area contributed by atoms with E-state index in [1.165, 1.54) is 16.8 Å². The molecule has 0 bridgehead atoms. The quantitative estimate of drug-likeness (QED) is 0.737. The Labute approximate surface area is 132 Å². The maximum atomic E-state index is 13.0. The Kier molecular flexibility index (Phi) is 3.93. The molecule has 1 N–H and O–H groups in total. The van der Waals surface area contributed by atoms with Crippen molar-refractivity contribution in [1.29, 1.82) is 0 Å². The Morgan fingerprint density at radius 3 is 2.48 bits per heavy atom. The Bertz CT molecular complexity index is 920. The van der Waals surface area contributed by atoms with Crippen LogP contribution in [0.2, 0.25) is 0 Å². The van der Waals surface area contributed by atoms with Crippen molar-refractivity contribution in [3.63, 3.8) is 0 Å². The average molecular weight is 309 g/mol. The second kappa shape index (κ2) is 6.04. The molecule has 0 fully saturated rings. The van der Waals surface area contributed by atoms with Crippen LogP contribution in [-0.4, -0.2) is 16.0 Å². The van der Waals surface area contributed by atoms with Crippen molar-refractivity contribution in [2.45, 2.75) is 13.8 Å². The van der Waals surface area contributed by atoms with Crippen LogP contribution in [0.1, 0.15) is 16.8 Å². The lowest BCUT2D eigenvalue weighted by atomic mass is 10.2. The predicted molar refractivity (Wildman–Crippen MR) is 89.5 cm³/mol. The second-order valence-electron chi connectivity index (χ2n) is 5.31. The second-order valence-corrected chi connectivity index (χ2v) is 5.31. The van der Waals surface area contributed by atoms with Gasteiger partial charge in [-0.1, -0.05) is 18.2 Å². The van der Waals surface area contributed by atoms with E-state index in [1.54, 1.807) is 25.3 Å². The minimum Gasteiger partial charge on any atom is -0.295 e.